The Bertz CT molecular complexity index is 523. The summed E-state index contributed by atoms with van der Waals surface area (Å²) in [6, 6.07) is 3.45. The van der Waals surface area contributed by atoms with E-state index in [-0.39, 0.29) is 5.91 Å². The number of thiophene rings is 1. The van der Waals surface area contributed by atoms with Crippen LogP contribution in [0.5, 0.6) is 0 Å². The third-order valence-electron chi connectivity index (χ3n) is 4.55. The Morgan fingerprint density at radius 3 is 3.09 bits per heavy atom. The van der Waals surface area contributed by atoms with Gasteiger partial charge in [0.1, 0.15) is 0 Å². The second-order valence-electron chi connectivity index (χ2n) is 6.56. The van der Waals surface area contributed by atoms with E-state index in [1.54, 1.807) is 11.3 Å². The highest BCUT2D eigenvalue weighted by Gasteiger charge is 2.42. The third kappa shape index (κ3) is 4.71. The Hall–Kier alpha value is -1.05. The van der Waals surface area contributed by atoms with Gasteiger partial charge in [0.2, 0.25) is 5.91 Å². The highest BCUT2D eigenvalue weighted by Crippen LogP contribution is 2.25. The number of hydrogen-bond acceptors (Lipinski definition) is 4. The first kappa shape index (κ1) is 16.8. The van der Waals surface area contributed by atoms with Crippen molar-refractivity contribution >= 4 is 17.2 Å². The first-order valence-corrected chi connectivity index (χ1v) is 9.03. The number of nitrogens with zero attached hydrogens (tertiary/aromatic N) is 1. The minimum Gasteiger partial charge on any atom is -0.354 e. The zero-order chi connectivity index (χ0) is 16.3. The quantitative estimate of drug-likeness (QED) is 0.860. The molecule has 1 amide bonds. The second kappa shape index (κ2) is 7.23. The van der Waals surface area contributed by atoms with Gasteiger partial charge in [0.25, 0.3) is 5.92 Å². The molecular weight excluding hydrogens is 320 g/mol. The number of likely N-dealkylation sites (tertiary alicyclic amines) is 1. The number of piperidine rings is 1. The highest BCUT2D eigenvalue weighted by atomic mass is 32.1. The number of rotatable bonds is 5. The topological polar surface area (TPSA) is 44.4 Å². The molecular formula is C16H23F2N3OS. The van der Waals surface area contributed by atoms with Crippen molar-refractivity contribution in [2.24, 2.45) is 5.92 Å². The molecule has 0 bridgehead atoms. The van der Waals surface area contributed by atoms with Gasteiger partial charge in [-0.05, 0) is 36.8 Å². The van der Waals surface area contributed by atoms with Gasteiger partial charge in [0, 0.05) is 30.9 Å². The van der Waals surface area contributed by atoms with Crippen LogP contribution in [0, 0.1) is 5.92 Å². The van der Waals surface area contributed by atoms with Crippen molar-refractivity contribution in [3.05, 3.63) is 22.4 Å². The average Bonchev–Trinajstić information content (AvgIpc) is 3.14. The van der Waals surface area contributed by atoms with E-state index in [1.165, 1.54) is 4.88 Å². The van der Waals surface area contributed by atoms with Crippen LogP contribution < -0.4 is 10.6 Å². The number of halogens is 2. The van der Waals surface area contributed by atoms with Crippen LogP contribution in [0.4, 0.5) is 8.78 Å². The largest absolute Gasteiger partial charge is 0.354 e. The molecule has 1 aromatic heterocycles. The lowest BCUT2D eigenvalue weighted by Crippen LogP contribution is -2.45. The fourth-order valence-corrected chi connectivity index (χ4v) is 4.10. The number of carbonyl (C=O) groups is 1. The molecule has 0 radical (unpaired) electrons. The first-order valence-electron chi connectivity index (χ1n) is 8.15. The normalized spacial score (nSPS) is 27.9. The molecule has 2 aliphatic heterocycles. The smallest absolute Gasteiger partial charge is 0.262 e. The minimum atomic E-state index is -2.76. The SMILES string of the molecule is O=C(NCC1CCCN(Cc2cccs2)C1)C1CC(F)(F)CN1. The van der Waals surface area contributed by atoms with Crippen LogP contribution in [-0.4, -0.2) is 49.0 Å². The van der Waals surface area contributed by atoms with Crippen molar-refractivity contribution in [1.29, 1.82) is 0 Å². The molecule has 2 aliphatic rings. The molecule has 0 aromatic carbocycles. The Kier molecular flexibility index (Phi) is 5.28. The zero-order valence-electron chi connectivity index (χ0n) is 13.1. The van der Waals surface area contributed by atoms with E-state index in [2.05, 4.69) is 33.0 Å². The summed E-state index contributed by atoms with van der Waals surface area (Å²) in [5.74, 6) is -2.66. The lowest BCUT2D eigenvalue weighted by atomic mass is 9.97. The molecule has 7 heteroatoms. The molecule has 2 unspecified atom stereocenters. The Morgan fingerprint density at radius 2 is 2.39 bits per heavy atom. The summed E-state index contributed by atoms with van der Waals surface area (Å²) in [5.41, 5.74) is 0. The fourth-order valence-electron chi connectivity index (χ4n) is 3.35. The molecule has 1 aromatic rings. The molecule has 128 valence electrons. The summed E-state index contributed by atoms with van der Waals surface area (Å²) in [5, 5.41) is 7.54. The van der Waals surface area contributed by atoms with Crippen molar-refractivity contribution in [3.63, 3.8) is 0 Å². The van der Waals surface area contributed by atoms with Gasteiger partial charge in [-0.1, -0.05) is 6.07 Å². The van der Waals surface area contributed by atoms with E-state index in [1.807, 2.05) is 0 Å². The van der Waals surface area contributed by atoms with Crippen molar-refractivity contribution in [1.82, 2.24) is 15.5 Å². The van der Waals surface area contributed by atoms with E-state index < -0.39 is 24.9 Å². The van der Waals surface area contributed by atoms with Gasteiger partial charge in [0.15, 0.2) is 0 Å². The van der Waals surface area contributed by atoms with Crippen LogP contribution in [0.15, 0.2) is 17.5 Å². The molecule has 3 heterocycles. The zero-order valence-corrected chi connectivity index (χ0v) is 13.9. The summed E-state index contributed by atoms with van der Waals surface area (Å²) >= 11 is 1.76. The summed E-state index contributed by atoms with van der Waals surface area (Å²) in [6.45, 7) is 3.16. The highest BCUT2D eigenvalue weighted by molar-refractivity contribution is 7.09. The van der Waals surface area contributed by atoms with Crippen LogP contribution in [0.2, 0.25) is 0 Å². The van der Waals surface area contributed by atoms with E-state index >= 15 is 0 Å². The molecule has 0 saturated carbocycles. The summed E-state index contributed by atoms with van der Waals surface area (Å²) < 4.78 is 26.3. The van der Waals surface area contributed by atoms with Gasteiger partial charge < -0.3 is 5.32 Å². The molecule has 3 rings (SSSR count). The van der Waals surface area contributed by atoms with Crippen molar-refractivity contribution < 1.29 is 13.6 Å². The molecule has 2 saturated heterocycles. The van der Waals surface area contributed by atoms with Gasteiger partial charge >= 0.3 is 0 Å². The van der Waals surface area contributed by atoms with Crippen molar-refractivity contribution in [3.8, 4) is 0 Å². The predicted molar refractivity (Wildman–Crippen MR) is 86.7 cm³/mol. The maximum Gasteiger partial charge on any atom is 0.262 e. The van der Waals surface area contributed by atoms with Crippen molar-refractivity contribution in [2.45, 2.75) is 37.8 Å². The Labute approximate surface area is 139 Å². The van der Waals surface area contributed by atoms with Crippen LogP contribution in [0.3, 0.4) is 0 Å². The van der Waals surface area contributed by atoms with Crippen LogP contribution >= 0.6 is 11.3 Å². The van der Waals surface area contributed by atoms with E-state index in [0.29, 0.717) is 12.5 Å². The summed E-state index contributed by atoms with van der Waals surface area (Å²) in [7, 11) is 0. The van der Waals surface area contributed by atoms with Crippen molar-refractivity contribution in [2.75, 3.05) is 26.2 Å². The molecule has 23 heavy (non-hydrogen) atoms. The molecule has 2 atom stereocenters. The number of hydrogen-bond donors (Lipinski definition) is 2. The number of amides is 1. The molecule has 0 aliphatic carbocycles. The first-order chi connectivity index (χ1) is 11.0. The van der Waals surface area contributed by atoms with Gasteiger partial charge in [0.05, 0.1) is 12.6 Å². The predicted octanol–water partition coefficient (Wildman–Crippen LogP) is 2.07. The maximum absolute atomic E-state index is 13.1. The average molecular weight is 343 g/mol. The maximum atomic E-state index is 13.1. The number of carbonyl (C=O) groups excluding carboxylic acids is 1. The van der Waals surface area contributed by atoms with E-state index in [9.17, 15) is 13.6 Å². The van der Waals surface area contributed by atoms with Crippen LogP contribution in [0.1, 0.15) is 24.1 Å². The lowest BCUT2D eigenvalue weighted by molar-refractivity contribution is -0.123. The summed E-state index contributed by atoms with van der Waals surface area (Å²) in [6.07, 6.45) is 1.80. The van der Waals surface area contributed by atoms with Gasteiger partial charge in [-0.2, -0.15) is 0 Å². The monoisotopic (exact) mass is 343 g/mol. The summed E-state index contributed by atoms with van der Waals surface area (Å²) in [4.78, 5) is 15.8. The molecule has 2 fully saturated rings. The second-order valence-corrected chi connectivity index (χ2v) is 7.59. The van der Waals surface area contributed by atoms with Gasteiger partial charge in [-0.3, -0.25) is 15.0 Å². The standard InChI is InChI=1S/C16H23F2N3OS/c17-16(18)7-14(20-11-16)15(22)19-8-12-3-1-5-21(9-12)10-13-4-2-6-23-13/h2,4,6,12,14,20H,1,3,5,7-11H2,(H,19,22). The lowest BCUT2D eigenvalue weighted by Gasteiger charge is -2.32. The Morgan fingerprint density at radius 1 is 1.52 bits per heavy atom. The van der Waals surface area contributed by atoms with Crippen LogP contribution in [-0.2, 0) is 11.3 Å². The fraction of sp³-hybridized carbons (Fsp3) is 0.688. The van der Waals surface area contributed by atoms with Gasteiger partial charge in [-0.15, -0.1) is 11.3 Å². The third-order valence-corrected chi connectivity index (χ3v) is 5.42. The number of nitrogens with one attached hydrogen (secondary N) is 2. The van der Waals surface area contributed by atoms with Crippen LogP contribution in [0.25, 0.3) is 0 Å². The Balaban J connectivity index is 1.42. The number of alkyl halides is 2. The van der Waals surface area contributed by atoms with E-state index in [0.717, 1.165) is 32.5 Å². The van der Waals surface area contributed by atoms with E-state index in [4.69, 9.17) is 0 Å². The molecule has 2 N–H and O–H groups in total. The van der Waals surface area contributed by atoms with Gasteiger partial charge in [-0.25, -0.2) is 8.78 Å². The minimum absolute atomic E-state index is 0.294. The molecule has 0 spiro atoms. The molecule has 4 nitrogen and oxygen atoms in total.